The molecule has 1 N–H and O–H groups in total. The maximum Gasteiger partial charge on any atom is 0.261 e. The fourth-order valence-electron chi connectivity index (χ4n) is 3.54. The van der Waals surface area contributed by atoms with E-state index in [9.17, 15) is 4.79 Å². The number of rotatable bonds is 7. The van der Waals surface area contributed by atoms with Crippen molar-refractivity contribution >= 4 is 5.91 Å². The summed E-state index contributed by atoms with van der Waals surface area (Å²) in [4.78, 5) is 13.1. The van der Waals surface area contributed by atoms with Gasteiger partial charge in [-0.05, 0) is 50.6 Å². The van der Waals surface area contributed by atoms with E-state index in [1.807, 2.05) is 57.2 Å². The number of para-hydroxylation sites is 2. The van der Waals surface area contributed by atoms with Gasteiger partial charge in [0, 0.05) is 12.0 Å². The molecule has 156 valence electrons. The number of carbonyl (C=O) groups excluding carboxylic acids is 1. The highest BCUT2D eigenvalue weighted by atomic mass is 16.5. The Hall–Kier alpha value is -2.89. The number of fused-ring (bicyclic) bond motifs is 1. The molecule has 6 nitrogen and oxygen atoms in total. The molecule has 0 bridgehead atoms. The summed E-state index contributed by atoms with van der Waals surface area (Å²) in [6.07, 6.45) is 0.539. The third-order valence-electron chi connectivity index (χ3n) is 4.99. The third-order valence-corrected chi connectivity index (χ3v) is 4.99. The van der Waals surface area contributed by atoms with Gasteiger partial charge in [-0.15, -0.1) is 0 Å². The van der Waals surface area contributed by atoms with Crippen molar-refractivity contribution in [3.8, 4) is 23.0 Å². The average molecular weight is 399 g/mol. The molecular formula is C23H29NO5. The smallest absolute Gasteiger partial charge is 0.261 e. The molecule has 0 fully saturated rings. The van der Waals surface area contributed by atoms with E-state index in [2.05, 4.69) is 5.32 Å². The second-order valence-corrected chi connectivity index (χ2v) is 7.70. The SMILES string of the molecule is CC[C@H](Oc1ccccc1OC)C(=O)N[C@H]1CC(C)(C)Oc2ccc(OC)cc21. The van der Waals surface area contributed by atoms with Gasteiger partial charge in [-0.3, -0.25) is 4.79 Å². The van der Waals surface area contributed by atoms with Crippen LogP contribution in [0.1, 0.15) is 45.2 Å². The second kappa shape index (κ2) is 8.64. The summed E-state index contributed by atoms with van der Waals surface area (Å²) in [5.74, 6) is 2.46. The van der Waals surface area contributed by atoms with Gasteiger partial charge < -0.3 is 24.3 Å². The Kier molecular flexibility index (Phi) is 6.20. The molecule has 0 aromatic heterocycles. The van der Waals surface area contributed by atoms with Crippen LogP contribution in [0, 0.1) is 0 Å². The lowest BCUT2D eigenvalue weighted by atomic mass is 9.89. The molecule has 6 heteroatoms. The number of benzene rings is 2. The highest BCUT2D eigenvalue weighted by Gasteiger charge is 2.36. The summed E-state index contributed by atoms with van der Waals surface area (Å²) in [5, 5.41) is 3.15. The van der Waals surface area contributed by atoms with Crippen LogP contribution in [0.5, 0.6) is 23.0 Å². The number of hydrogen-bond donors (Lipinski definition) is 1. The lowest BCUT2D eigenvalue weighted by Crippen LogP contribution is -2.45. The van der Waals surface area contributed by atoms with Gasteiger partial charge in [-0.25, -0.2) is 0 Å². The summed E-state index contributed by atoms with van der Waals surface area (Å²) in [6.45, 7) is 5.95. The Bertz CT molecular complexity index is 864. The number of carbonyl (C=O) groups is 1. The predicted molar refractivity (Wildman–Crippen MR) is 111 cm³/mol. The van der Waals surface area contributed by atoms with E-state index >= 15 is 0 Å². The highest BCUT2D eigenvalue weighted by Crippen LogP contribution is 2.41. The Morgan fingerprint density at radius 1 is 1.17 bits per heavy atom. The van der Waals surface area contributed by atoms with Crippen molar-refractivity contribution in [1.29, 1.82) is 0 Å². The monoisotopic (exact) mass is 399 g/mol. The predicted octanol–water partition coefficient (Wildman–Crippen LogP) is 4.28. The molecule has 2 atom stereocenters. The van der Waals surface area contributed by atoms with Gasteiger partial charge in [-0.2, -0.15) is 0 Å². The molecule has 3 rings (SSSR count). The first-order chi connectivity index (χ1) is 13.9. The van der Waals surface area contributed by atoms with Crippen LogP contribution in [0.4, 0.5) is 0 Å². The van der Waals surface area contributed by atoms with Crippen molar-refractivity contribution in [1.82, 2.24) is 5.32 Å². The van der Waals surface area contributed by atoms with Crippen LogP contribution in [0.3, 0.4) is 0 Å². The molecule has 2 aromatic carbocycles. The Morgan fingerprint density at radius 3 is 2.55 bits per heavy atom. The van der Waals surface area contributed by atoms with Crippen LogP contribution < -0.4 is 24.3 Å². The van der Waals surface area contributed by atoms with E-state index in [1.165, 1.54) is 0 Å². The summed E-state index contributed by atoms with van der Waals surface area (Å²) in [5.41, 5.74) is 0.509. The third kappa shape index (κ3) is 4.75. The molecule has 0 saturated carbocycles. The first kappa shape index (κ1) is 20.8. The lowest BCUT2D eigenvalue weighted by molar-refractivity contribution is -0.129. The second-order valence-electron chi connectivity index (χ2n) is 7.70. The van der Waals surface area contributed by atoms with Crippen LogP contribution in [0.15, 0.2) is 42.5 Å². The minimum Gasteiger partial charge on any atom is -0.497 e. The van der Waals surface area contributed by atoms with E-state index in [1.54, 1.807) is 20.3 Å². The van der Waals surface area contributed by atoms with Crippen molar-refractivity contribution in [2.75, 3.05) is 14.2 Å². The Balaban J connectivity index is 1.81. The van der Waals surface area contributed by atoms with Crippen molar-refractivity contribution < 1.29 is 23.7 Å². The zero-order valence-electron chi connectivity index (χ0n) is 17.7. The molecule has 0 aliphatic carbocycles. The molecule has 1 amide bonds. The lowest BCUT2D eigenvalue weighted by Gasteiger charge is -2.38. The van der Waals surface area contributed by atoms with Crippen molar-refractivity contribution in [3.63, 3.8) is 0 Å². The largest absolute Gasteiger partial charge is 0.497 e. The number of amides is 1. The standard InChI is InChI=1S/C23H29NO5/c1-6-18(28-21-10-8-7-9-20(21)27-5)22(25)24-17-14-23(2,3)29-19-12-11-15(26-4)13-16(17)19/h7-13,17-18H,6,14H2,1-5H3,(H,24,25)/t17-,18-/m0/s1. The van der Waals surface area contributed by atoms with E-state index < -0.39 is 11.7 Å². The molecule has 0 radical (unpaired) electrons. The number of methoxy groups -OCH3 is 2. The Morgan fingerprint density at radius 2 is 1.90 bits per heavy atom. The summed E-state index contributed by atoms with van der Waals surface area (Å²) in [7, 11) is 3.20. The maximum atomic E-state index is 13.1. The van der Waals surface area contributed by atoms with Crippen LogP contribution in [0.25, 0.3) is 0 Å². The molecule has 1 heterocycles. The molecule has 0 spiro atoms. The van der Waals surface area contributed by atoms with E-state index in [0.29, 0.717) is 24.3 Å². The quantitative estimate of drug-likeness (QED) is 0.753. The minimum atomic E-state index is -0.633. The minimum absolute atomic E-state index is 0.171. The number of ether oxygens (including phenoxy) is 4. The topological polar surface area (TPSA) is 66.0 Å². The fraction of sp³-hybridized carbons (Fsp3) is 0.435. The highest BCUT2D eigenvalue weighted by molar-refractivity contribution is 5.81. The van der Waals surface area contributed by atoms with E-state index in [4.69, 9.17) is 18.9 Å². The summed E-state index contributed by atoms with van der Waals surface area (Å²) in [6, 6.07) is 12.8. The van der Waals surface area contributed by atoms with Gasteiger partial charge in [0.05, 0.1) is 20.3 Å². The molecule has 0 unspecified atom stereocenters. The van der Waals surface area contributed by atoms with E-state index in [0.717, 1.165) is 17.1 Å². The van der Waals surface area contributed by atoms with Gasteiger partial charge in [0.15, 0.2) is 17.6 Å². The number of nitrogens with one attached hydrogen (secondary N) is 1. The van der Waals surface area contributed by atoms with Gasteiger partial charge in [0.25, 0.3) is 5.91 Å². The zero-order chi connectivity index (χ0) is 21.0. The fourth-order valence-corrected chi connectivity index (χ4v) is 3.54. The molecule has 2 aromatic rings. The average Bonchev–Trinajstić information content (AvgIpc) is 2.71. The number of hydrogen-bond acceptors (Lipinski definition) is 5. The van der Waals surface area contributed by atoms with Crippen molar-refractivity contribution in [2.45, 2.75) is 51.4 Å². The van der Waals surface area contributed by atoms with Gasteiger partial charge in [-0.1, -0.05) is 19.1 Å². The van der Waals surface area contributed by atoms with E-state index in [-0.39, 0.29) is 11.9 Å². The van der Waals surface area contributed by atoms with Gasteiger partial charge in [0.2, 0.25) is 0 Å². The Labute approximate surface area is 172 Å². The van der Waals surface area contributed by atoms with Crippen molar-refractivity contribution in [2.24, 2.45) is 0 Å². The molecule has 29 heavy (non-hydrogen) atoms. The van der Waals surface area contributed by atoms with Crippen molar-refractivity contribution in [3.05, 3.63) is 48.0 Å². The summed E-state index contributed by atoms with van der Waals surface area (Å²) < 4.78 is 22.8. The van der Waals surface area contributed by atoms with Crippen LogP contribution >= 0.6 is 0 Å². The normalized spacial score (nSPS) is 18.0. The molecule has 1 aliphatic rings. The molecular weight excluding hydrogens is 370 g/mol. The van der Waals surface area contributed by atoms with Crippen LogP contribution in [0.2, 0.25) is 0 Å². The maximum absolute atomic E-state index is 13.1. The summed E-state index contributed by atoms with van der Waals surface area (Å²) >= 11 is 0. The van der Waals surface area contributed by atoms with Crippen LogP contribution in [-0.2, 0) is 4.79 Å². The first-order valence-corrected chi connectivity index (χ1v) is 9.84. The van der Waals surface area contributed by atoms with Gasteiger partial charge >= 0.3 is 0 Å². The van der Waals surface area contributed by atoms with Gasteiger partial charge in [0.1, 0.15) is 17.1 Å². The molecule has 1 aliphatic heterocycles. The molecule has 0 saturated heterocycles. The first-order valence-electron chi connectivity index (χ1n) is 9.84. The van der Waals surface area contributed by atoms with Crippen LogP contribution in [-0.4, -0.2) is 31.8 Å². The zero-order valence-corrected chi connectivity index (χ0v) is 17.7.